The van der Waals surface area contributed by atoms with Gasteiger partial charge >= 0.3 is 0 Å². The van der Waals surface area contributed by atoms with Crippen molar-refractivity contribution in [1.82, 2.24) is 5.32 Å². The van der Waals surface area contributed by atoms with Crippen LogP contribution in [0.3, 0.4) is 0 Å². The summed E-state index contributed by atoms with van der Waals surface area (Å²) in [5.74, 6) is 0. The van der Waals surface area contributed by atoms with E-state index in [0.717, 1.165) is 25.8 Å². The first-order chi connectivity index (χ1) is 6.20. The maximum atomic E-state index is 5.52. The van der Waals surface area contributed by atoms with Crippen molar-refractivity contribution in [1.29, 1.82) is 0 Å². The minimum absolute atomic E-state index is 0.433. The van der Waals surface area contributed by atoms with Crippen LogP contribution in [-0.4, -0.2) is 25.8 Å². The Hall–Kier alpha value is -0.0800. The zero-order valence-corrected chi connectivity index (χ0v) is 9.23. The summed E-state index contributed by atoms with van der Waals surface area (Å²) < 4.78 is 5.52. The maximum Gasteiger partial charge on any atom is 0.0520 e. The van der Waals surface area contributed by atoms with Crippen molar-refractivity contribution in [3.05, 3.63) is 0 Å². The number of nitrogens with one attached hydrogen (secondary N) is 1. The molecule has 1 fully saturated rings. The second-order valence-electron chi connectivity index (χ2n) is 4.45. The average Bonchev–Trinajstić information content (AvgIpc) is 2.46. The minimum atomic E-state index is 0.433. The largest absolute Gasteiger partial charge is 0.381 e. The fourth-order valence-electron chi connectivity index (χ4n) is 2.26. The third kappa shape index (κ3) is 3.28. The topological polar surface area (TPSA) is 21.3 Å². The number of ether oxygens (including phenoxy) is 1. The second kappa shape index (κ2) is 4.97. The van der Waals surface area contributed by atoms with Gasteiger partial charge in [0.1, 0.15) is 0 Å². The van der Waals surface area contributed by atoms with Crippen LogP contribution >= 0.6 is 0 Å². The molecule has 2 unspecified atom stereocenters. The second-order valence-corrected chi connectivity index (χ2v) is 4.45. The van der Waals surface area contributed by atoms with Crippen molar-refractivity contribution >= 4 is 0 Å². The molecule has 78 valence electrons. The van der Waals surface area contributed by atoms with Gasteiger partial charge in [-0.25, -0.2) is 0 Å². The Kier molecular flexibility index (Phi) is 4.20. The van der Waals surface area contributed by atoms with Crippen LogP contribution in [0.5, 0.6) is 0 Å². The Bertz CT molecular complexity index is 149. The lowest BCUT2D eigenvalue weighted by molar-refractivity contribution is 0.0632. The minimum Gasteiger partial charge on any atom is -0.381 e. The van der Waals surface area contributed by atoms with E-state index >= 15 is 0 Å². The van der Waals surface area contributed by atoms with Gasteiger partial charge in [-0.2, -0.15) is 0 Å². The Morgan fingerprint density at radius 1 is 1.46 bits per heavy atom. The molecule has 0 aliphatic heterocycles. The summed E-state index contributed by atoms with van der Waals surface area (Å²) in [5, 5.41) is 3.52. The fraction of sp³-hybridized carbons (Fsp3) is 1.00. The SMILES string of the molecule is CCNC1CCC(C)(COCC)C1. The standard InChI is InChI=1S/C11H23NO/c1-4-12-10-6-7-11(3,8-10)9-13-5-2/h10,12H,4-9H2,1-3H3. The molecule has 0 heterocycles. The van der Waals surface area contributed by atoms with Crippen molar-refractivity contribution in [2.45, 2.75) is 46.1 Å². The molecule has 0 radical (unpaired) electrons. The lowest BCUT2D eigenvalue weighted by atomic mass is 9.90. The van der Waals surface area contributed by atoms with Gasteiger partial charge in [-0.1, -0.05) is 13.8 Å². The van der Waals surface area contributed by atoms with Crippen molar-refractivity contribution in [3.8, 4) is 0 Å². The molecule has 0 amide bonds. The van der Waals surface area contributed by atoms with Crippen LogP contribution in [0, 0.1) is 5.41 Å². The molecule has 1 saturated carbocycles. The normalized spacial score (nSPS) is 33.9. The summed E-state index contributed by atoms with van der Waals surface area (Å²) >= 11 is 0. The molecule has 2 nitrogen and oxygen atoms in total. The van der Waals surface area contributed by atoms with Gasteiger partial charge in [-0.3, -0.25) is 0 Å². The van der Waals surface area contributed by atoms with Crippen molar-refractivity contribution in [3.63, 3.8) is 0 Å². The van der Waals surface area contributed by atoms with Gasteiger partial charge in [0, 0.05) is 12.6 Å². The van der Waals surface area contributed by atoms with Gasteiger partial charge in [-0.15, -0.1) is 0 Å². The Labute approximate surface area is 82.0 Å². The molecule has 2 heteroatoms. The van der Waals surface area contributed by atoms with Crippen LogP contribution in [0.15, 0.2) is 0 Å². The lowest BCUT2D eigenvalue weighted by Gasteiger charge is -2.23. The van der Waals surface area contributed by atoms with Crippen LogP contribution in [0.2, 0.25) is 0 Å². The van der Waals surface area contributed by atoms with Crippen LogP contribution < -0.4 is 5.32 Å². The molecule has 1 aliphatic carbocycles. The summed E-state index contributed by atoms with van der Waals surface area (Å²) in [4.78, 5) is 0. The van der Waals surface area contributed by atoms with Gasteiger partial charge in [0.25, 0.3) is 0 Å². The van der Waals surface area contributed by atoms with Gasteiger partial charge in [0.15, 0.2) is 0 Å². The van der Waals surface area contributed by atoms with E-state index in [-0.39, 0.29) is 0 Å². The third-order valence-electron chi connectivity index (χ3n) is 2.98. The van der Waals surface area contributed by atoms with E-state index in [1.165, 1.54) is 19.3 Å². The summed E-state index contributed by atoms with van der Waals surface area (Å²) in [6.07, 6.45) is 3.91. The Balaban J connectivity index is 2.28. The number of rotatable bonds is 5. The summed E-state index contributed by atoms with van der Waals surface area (Å²) in [6.45, 7) is 9.47. The lowest BCUT2D eigenvalue weighted by Crippen LogP contribution is -2.28. The van der Waals surface area contributed by atoms with Crippen LogP contribution in [0.1, 0.15) is 40.0 Å². The molecule has 13 heavy (non-hydrogen) atoms. The Morgan fingerprint density at radius 2 is 2.23 bits per heavy atom. The highest BCUT2D eigenvalue weighted by molar-refractivity contribution is 4.89. The predicted octanol–water partition coefficient (Wildman–Crippen LogP) is 2.19. The highest BCUT2D eigenvalue weighted by Crippen LogP contribution is 2.37. The first-order valence-corrected chi connectivity index (χ1v) is 5.51. The number of hydrogen-bond acceptors (Lipinski definition) is 2. The van der Waals surface area contributed by atoms with E-state index in [2.05, 4.69) is 26.1 Å². The molecule has 0 saturated heterocycles. The number of hydrogen-bond donors (Lipinski definition) is 1. The quantitative estimate of drug-likeness (QED) is 0.709. The molecule has 1 N–H and O–H groups in total. The van der Waals surface area contributed by atoms with E-state index in [1.54, 1.807) is 0 Å². The first kappa shape index (κ1) is 11.0. The van der Waals surface area contributed by atoms with Gasteiger partial charge in [0.05, 0.1) is 6.61 Å². The van der Waals surface area contributed by atoms with Crippen LogP contribution in [0.25, 0.3) is 0 Å². The highest BCUT2D eigenvalue weighted by Gasteiger charge is 2.34. The van der Waals surface area contributed by atoms with E-state index in [1.807, 2.05) is 0 Å². The van der Waals surface area contributed by atoms with Crippen LogP contribution in [0.4, 0.5) is 0 Å². The van der Waals surface area contributed by atoms with Gasteiger partial charge in [0.2, 0.25) is 0 Å². The maximum absolute atomic E-state index is 5.52. The Morgan fingerprint density at radius 3 is 2.85 bits per heavy atom. The molecule has 1 rings (SSSR count). The highest BCUT2D eigenvalue weighted by atomic mass is 16.5. The van der Waals surface area contributed by atoms with Gasteiger partial charge in [-0.05, 0) is 38.1 Å². The summed E-state index contributed by atoms with van der Waals surface area (Å²) in [6, 6.07) is 0.732. The molecular weight excluding hydrogens is 162 g/mol. The predicted molar refractivity (Wildman–Crippen MR) is 55.9 cm³/mol. The van der Waals surface area contributed by atoms with E-state index in [0.29, 0.717) is 5.41 Å². The van der Waals surface area contributed by atoms with Crippen molar-refractivity contribution in [2.24, 2.45) is 5.41 Å². The van der Waals surface area contributed by atoms with Crippen molar-refractivity contribution in [2.75, 3.05) is 19.8 Å². The monoisotopic (exact) mass is 185 g/mol. The molecule has 1 aliphatic rings. The fourth-order valence-corrected chi connectivity index (χ4v) is 2.26. The van der Waals surface area contributed by atoms with E-state index < -0.39 is 0 Å². The molecule has 0 aromatic rings. The third-order valence-corrected chi connectivity index (χ3v) is 2.98. The first-order valence-electron chi connectivity index (χ1n) is 5.51. The molecule has 2 atom stereocenters. The zero-order chi connectivity index (χ0) is 9.73. The average molecular weight is 185 g/mol. The van der Waals surface area contributed by atoms with Gasteiger partial charge < -0.3 is 10.1 Å². The summed E-state index contributed by atoms with van der Waals surface area (Å²) in [7, 11) is 0. The molecular formula is C11H23NO. The molecule has 0 aromatic heterocycles. The summed E-state index contributed by atoms with van der Waals surface area (Å²) in [5.41, 5.74) is 0.433. The van der Waals surface area contributed by atoms with Crippen molar-refractivity contribution < 1.29 is 4.74 Å². The molecule has 0 spiro atoms. The van der Waals surface area contributed by atoms with Crippen LogP contribution in [-0.2, 0) is 4.74 Å². The smallest absolute Gasteiger partial charge is 0.0520 e. The zero-order valence-electron chi connectivity index (χ0n) is 9.23. The molecule has 0 bridgehead atoms. The van der Waals surface area contributed by atoms with E-state index in [9.17, 15) is 0 Å². The van der Waals surface area contributed by atoms with E-state index in [4.69, 9.17) is 4.74 Å². The molecule has 0 aromatic carbocycles.